The summed E-state index contributed by atoms with van der Waals surface area (Å²) in [5.41, 5.74) is 1.76. The SMILES string of the molecule is CNc1ccc(C#Cc2nc3cccnc3s2)cn1. The van der Waals surface area contributed by atoms with Crippen molar-refractivity contribution in [3.63, 3.8) is 0 Å². The van der Waals surface area contributed by atoms with Crippen LogP contribution in [0.15, 0.2) is 36.7 Å². The summed E-state index contributed by atoms with van der Waals surface area (Å²) in [6.45, 7) is 0. The zero-order valence-electron chi connectivity index (χ0n) is 10.2. The Morgan fingerprint density at radius 3 is 2.84 bits per heavy atom. The molecule has 0 unspecified atom stereocenters. The molecule has 0 atom stereocenters. The van der Waals surface area contributed by atoms with Crippen LogP contribution in [-0.4, -0.2) is 22.0 Å². The Balaban J connectivity index is 1.89. The second-order valence-corrected chi connectivity index (χ2v) is 4.76. The number of hydrogen-bond donors (Lipinski definition) is 1. The lowest BCUT2D eigenvalue weighted by Gasteiger charge is -1.96. The molecule has 0 amide bonds. The lowest BCUT2D eigenvalue weighted by Crippen LogP contribution is -1.91. The Hall–Kier alpha value is -2.45. The van der Waals surface area contributed by atoms with Crippen molar-refractivity contribution in [2.75, 3.05) is 12.4 Å². The Morgan fingerprint density at radius 1 is 1.16 bits per heavy atom. The molecule has 0 bridgehead atoms. The molecule has 0 spiro atoms. The first-order valence-electron chi connectivity index (χ1n) is 5.72. The average molecular weight is 266 g/mol. The number of hydrogen-bond acceptors (Lipinski definition) is 5. The molecule has 5 heteroatoms. The molecule has 92 valence electrons. The molecule has 3 aromatic rings. The average Bonchev–Trinajstić information content (AvgIpc) is 2.88. The number of aromatic nitrogens is 3. The van der Waals surface area contributed by atoms with Gasteiger partial charge in [-0.3, -0.25) is 0 Å². The van der Waals surface area contributed by atoms with E-state index in [4.69, 9.17) is 0 Å². The Labute approximate surface area is 114 Å². The highest BCUT2D eigenvalue weighted by Crippen LogP contribution is 2.18. The van der Waals surface area contributed by atoms with Gasteiger partial charge in [0.1, 0.15) is 16.2 Å². The van der Waals surface area contributed by atoms with Crippen LogP contribution in [0.3, 0.4) is 0 Å². The van der Waals surface area contributed by atoms with Crippen LogP contribution in [0.5, 0.6) is 0 Å². The molecule has 19 heavy (non-hydrogen) atoms. The van der Waals surface area contributed by atoms with Crippen molar-refractivity contribution >= 4 is 27.5 Å². The van der Waals surface area contributed by atoms with Gasteiger partial charge in [-0.1, -0.05) is 17.3 Å². The maximum Gasteiger partial charge on any atom is 0.169 e. The molecule has 0 aliphatic heterocycles. The summed E-state index contributed by atoms with van der Waals surface area (Å²) >= 11 is 1.50. The summed E-state index contributed by atoms with van der Waals surface area (Å²) in [6, 6.07) is 7.63. The van der Waals surface area contributed by atoms with Crippen LogP contribution in [0.25, 0.3) is 10.3 Å². The van der Waals surface area contributed by atoms with Crippen LogP contribution >= 0.6 is 11.3 Å². The number of thiazole rings is 1. The normalized spacial score (nSPS) is 9.95. The predicted molar refractivity (Wildman–Crippen MR) is 77.2 cm³/mol. The second kappa shape index (κ2) is 5.04. The molecule has 0 aliphatic rings. The van der Waals surface area contributed by atoms with E-state index in [1.807, 2.05) is 31.3 Å². The quantitative estimate of drug-likeness (QED) is 0.688. The van der Waals surface area contributed by atoms with Crippen molar-refractivity contribution in [1.29, 1.82) is 0 Å². The second-order valence-electron chi connectivity index (χ2n) is 3.78. The molecular weight excluding hydrogens is 256 g/mol. The molecule has 3 heterocycles. The van der Waals surface area contributed by atoms with Gasteiger partial charge in [0.2, 0.25) is 0 Å². The first-order chi connectivity index (χ1) is 9.35. The van der Waals surface area contributed by atoms with Crippen molar-refractivity contribution in [2.24, 2.45) is 0 Å². The van der Waals surface area contributed by atoms with Gasteiger partial charge in [-0.25, -0.2) is 15.0 Å². The highest BCUT2D eigenvalue weighted by molar-refractivity contribution is 7.18. The summed E-state index contributed by atoms with van der Waals surface area (Å²) in [5, 5.41) is 3.74. The van der Waals surface area contributed by atoms with Gasteiger partial charge in [0.15, 0.2) is 5.01 Å². The third-order valence-corrected chi connectivity index (χ3v) is 3.39. The summed E-state index contributed by atoms with van der Waals surface area (Å²) in [7, 11) is 1.84. The summed E-state index contributed by atoms with van der Waals surface area (Å²) < 4.78 is 0. The molecule has 3 aromatic heterocycles. The van der Waals surface area contributed by atoms with Gasteiger partial charge in [-0.15, -0.1) is 0 Å². The van der Waals surface area contributed by atoms with Gasteiger partial charge in [0, 0.05) is 25.0 Å². The Morgan fingerprint density at radius 2 is 2.11 bits per heavy atom. The molecule has 0 aromatic carbocycles. The minimum atomic E-state index is 0.770. The van der Waals surface area contributed by atoms with Crippen molar-refractivity contribution < 1.29 is 0 Å². The van der Waals surface area contributed by atoms with Crippen molar-refractivity contribution in [2.45, 2.75) is 0 Å². The lowest BCUT2D eigenvalue weighted by molar-refractivity contribution is 1.28. The van der Waals surface area contributed by atoms with Crippen LogP contribution in [0, 0.1) is 11.8 Å². The fourth-order valence-electron chi connectivity index (χ4n) is 1.56. The van der Waals surface area contributed by atoms with E-state index >= 15 is 0 Å². The fourth-order valence-corrected chi connectivity index (χ4v) is 2.33. The molecule has 3 rings (SSSR count). The van der Waals surface area contributed by atoms with E-state index in [-0.39, 0.29) is 0 Å². The minimum Gasteiger partial charge on any atom is -0.373 e. The highest BCUT2D eigenvalue weighted by atomic mass is 32.1. The third-order valence-electron chi connectivity index (χ3n) is 2.50. The zero-order valence-corrected chi connectivity index (χ0v) is 11.0. The number of anilines is 1. The van der Waals surface area contributed by atoms with Gasteiger partial charge < -0.3 is 5.32 Å². The smallest absolute Gasteiger partial charge is 0.169 e. The van der Waals surface area contributed by atoms with Crippen LogP contribution in [0.2, 0.25) is 0 Å². The molecule has 1 N–H and O–H groups in total. The maximum atomic E-state index is 4.41. The topological polar surface area (TPSA) is 50.7 Å². The zero-order chi connectivity index (χ0) is 13.1. The summed E-state index contributed by atoms with van der Waals surface area (Å²) in [5.74, 6) is 6.93. The Kier molecular flexibility index (Phi) is 3.09. The number of rotatable bonds is 1. The molecule has 0 saturated heterocycles. The van der Waals surface area contributed by atoms with Crippen LogP contribution in [0.1, 0.15) is 10.6 Å². The molecule has 4 nitrogen and oxygen atoms in total. The van der Waals surface area contributed by atoms with E-state index < -0.39 is 0 Å². The van der Waals surface area contributed by atoms with E-state index in [0.717, 1.165) is 26.7 Å². The monoisotopic (exact) mass is 266 g/mol. The van der Waals surface area contributed by atoms with Crippen LogP contribution in [0.4, 0.5) is 5.82 Å². The fraction of sp³-hybridized carbons (Fsp3) is 0.0714. The minimum absolute atomic E-state index is 0.770. The molecule has 0 aliphatic carbocycles. The summed E-state index contributed by atoms with van der Waals surface area (Å²) in [4.78, 5) is 13.8. The van der Waals surface area contributed by atoms with E-state index in [9.17, 15) is 0 Å². The lowest BCUT2D eigenvalue weighted by atomic mass is 10.3. The van der Waals surface area contributed by atoms with Crippen molar-refractivity contribution in [3.8, 4) is 11.8 Å². The van der Waals surface area contributed by atoms with Gasteiger partial charge in [-0.05, 0) is 30.2 Å². The van der Waals surface area contributed by atoms with E-state index in [1.54, 1.807) is 12.4 Å². The molecular formula is C14H10N4S. The van der Waals surface area contributed by atoms with Crippen LogP contribution < -0.4 is 5.32 Å². The number of nitrogens with one attached hydrogen (secondary N) is 1. The molecule has 0 radical (unpaired) electrons. The highest BCUT2D eigenvalue weighted by Gasteiger charge is 2.00. The van der Waals surface area contributed by atoms with Crippen molar-refractivity contribution in [1.82, 2.24) is 15.0 Å². The Bertz CT molecular complexity index is 732. The summed E-state index contributed by atoms with van der Waals surface area (Å²) in [6.07, 6.45) is 3.50. The maximum absolute atomic E-state index is 4.41. The van der Waals surface area contributed by atoms with Crippen LogP contribution in [-0.2, 0) is 0 Å². The molecule has 0 saturated carbocycles. The van der Waals surface area contributed by atoms with Gasteiger partial charge >= 0.3 is 0 Å². The van der Waals surface area contributed by atoms with Gasteiger partial charge in [-0.2, -0.15) is 0 Å². The largest absolute Gasteiger partial charge is 0.373 e. The predicted octanol–water partition coefficient (Wildman–Crippen LogP) is 2.53. The van der Waals surface area contributed by atoms with Crippen molar-refractivity contribution in [3.05, 3.63) is 47.2 Å². The number of fused-ring (bicyclic) bond motifs is 1. The first-order valence-corrected chi connectivity index (χ1v) is 6.54. The molecule has 0 fully saturated rings. The van der Waals surface area contributed by atoms with E-state index in [0.29, 0.717) is 0 Å². The van der Waals surface area contributed by atoms with E-state index in [1.165, 1.54) is 11.3 Å². The van der Waals surface area contributed by atoms with Gasteiger partial charge in [0.05, 0.1) is 0 Å². The van der Waals surface area contributed by atoms with Gasteiger partial charge in [0.25, 0.3) is 0 Å². The third kappa shape index (κ3) is 2.54. The number of pyridine rings is 2. The van der Waals surface area contributed by atoms with E-state index in [2.05, 4.69) is 32.1 Å². The number of nitrogens with zero attached hydrogens (tertiary/aromatic N) is 3. The first kappa shape index (κ1) is 11.6. The standard InChI is InChI=1S/C14H10N4S/c1-15-12-6-4-10(9-17-12)5-7-13-18-11-3-2-8-16-14(11)19-13/h2-4,6,8-9H,1H3,(H,15,17).